The molecule has 0 atom stereocenters. The Bertz CT molecular complexity index is 781. The number of carbonyl (C=O) groups excluding carboxylic acids is 2. The van der Waals surface area contributed by atoms with E-state index in [0.29, 0.717) is 32.2 Å². The summed E-state index contributed by atoms with van der Waals surface area (Å²) in [5, 5.41) is 6.32. The SMILES string of the molecule is CC(=O)Nc1ccc(NC(=O)COc2cc(Cl)ccc2Cl)cc1Cl. The average molecular weight is 388 g/mol. The molecule has 0 saturated carbocycles. The van der Waals surface area contributed by atoms with E-state index in [1.807, 2.05) is 0 Å². The summed E-state index contributed by atoms with van der Waals surface area (Å²) in [6, 6.07) is 9.45. The third-order valence-electron chi connectivity index (χ3n) is 2.82. The second kappa shape index (κ2) is 8.24. The van der Waals surface area contributed by atoms with Gasteiger partial charge in [0, 0.05) is 23.7 Å². The fourth-order valence-electron chi connectivity index (χ4n) is 1.81. The molecule has 0 unspecified atom stereocenters. The molecule has 2 aromatic carbocycles. The predicted molar refractivity (Wildman–Crippen MR) is 96.3 cm³/mol. The molecule has 0 radical (unpaired) electrons. The summed E-state index contributed by atoms with van der Waals surface area (Å²) in [5.74, 6) is -0.312. The second-order valence-corrected chi connectivity index (χ2v) is 6.04. The zero-order valence-corrected chi connectivity index (χ0v) is 14.8. The van der Waals surface area contributed by atoms with Gasteiger partial charge in [0.25, 0.3) is 5.91 Å². The van der Waals surface area contributed by atoms with Gasteiger partial charge in [0.2, 0.25) is 5.91 Å². The Hall–Kier alpha value is -1.95. The second-order valence-electron chi connectivity index (χ2n) is 4.79. The summed E-state index contributed by atoms with van der Waals surface area (Å²) in [4.78, 5) is 23.0. The topological polar surface area (TPSA) is 67.4 Å². The van der Waals surface area contributed by atoms with E-state index in [9.17, 15) is 9.59 Å². The first-order valence-electron chi connectivity index (χ1n) is 6.80. The van der Waals surface area contributed by atoms with E-state index >= 15 is 0 Å². The van der Waals surface area contributed by atoms with E-state index in [1.54, 1.807) is 24.3 Å². The van der Waals surface area contributed by atoms with Gasteiger partial charge in [-0.1, -0.05) is 34.8 Å². The van der Waals surface area contributed by atoms with Crippen LogP contribution in [0.4, 0.5) is 11.4 Å². The molecule has 2 amide bonds. The molecule has 0 bridgehead atoms. The molecule has 0 spiro atoms. The van der Waals surface area contributed by atoms with Crippen molar-refractivity contribution < 1.29 is 14.3 Å². The Morgan fingerprint density at radius 1 is 1.00 bits per heavy atom. The number of nitrogens with one attached hydrogen (secondary N) is 2. The quantitative estimate of drug-likeness (QED) is 0.786. The zero-order chi connectivity index (χ0) is 17.7. The van der Waals surface area contributed by atoms with Gasteiger partial charge < -0.3 is 15.4 Å². The number of ether oxygens (including phenoxy) is 1. The highest BCUT2D eigenvalue weighted by molar-refractivity contribution is 6.34. The molecule has 0 aromatic heterocycles. The maximum atomic E-state index is 11.9. The molecule has 2 rings (SSSR count). The molecule has 2 aromatic rings. The van der Waals surface area contributed by atoms with Crippen LogP contribution in [0.1, 0.15) is 6.92 Å². The Morgan fingerprint density at radius 2 is 1.75 bits per heavy atom. The van der Waals surface area contributed by atoms with Gasteiger partial charge in [-0.25, -0.2) is 0 Å². The highest BCUT2D eigenvalue weighted by atomic mass is 35.5. The van der Waals surface area contributed by atoms with Crippen molar-refractivity contribution in [3.05, 3.63) is 51.5 Å². The minimum absolute atomic E-state index is 0.236. The Labute approximate surface area is 153 Å². The minimum atomic E-state index is -0.394. The van der Waals surface area contributed by atoms with Crippen molar-refractivity contribution in [2.24, 2.45) is 0 Å². The van der Waals surface area contributed by atoms with Crippen LogP contribution in [-0.2, 0) is 9.59 Å². The third-order valence-corrected chi connectivity index (χ3v) is 3.68. The van der Waals surface area contributed by atoms with Crippen LogP contribution < -0.4 is 15.4 Å². The first-order valence-corrected chi connectivity index (χ1v) is 7.93. The van der Waals surface area contributed by atoms with Crippen LogP contribution in [0.15, 0.2) is 36.4 Å². The third kappa shape index (κ3) is 5.30. The van der Waals surface area contributed by atoms with Crippen molar-refractivity contribution >= 4 is 58.0 Å². The van der Waals surface area contributed by atoms with Gasteiger partial charge in [-0.05, 0) is 30.3 Å². The molecule has 2 N–H and O–H groups in total. The highest BCUT2D eigenvalue weighted by Crippen LogP contribution is 2.28. The maximum Gasteiger partial charge on any atom is 0.262 e. The molecule has 0 aliphatic carbocycles. The summed E-state index contributed by atoms with van der Waals surface area (Å²) >= 11 is 17.8. The lowest BCUT2D eigenvalue weighted by Gasteiger charge is -2.11. The Kier molecular flexibility index (Phi) is 6.31. The van der Waals surface area contributed by atoms with Gasteiger partial charge in [0.15, 0.2) is 6.61 Å². The zero-order valence-electron chi connectivity index (χ0n) is 12.5. The fraction of sp³-hybridized carbons (Fsp3) is 0.125. The van der Waals surface area contributed by atoms with Crippen molar-refractivity contribution in [3.63, 3.8) is 0 Å². The number of anilines is 2. The number of carbonyl (C=O) groups is 2. The van der Waals surface area contributed by atoms with Crippen LogP contribution in [0.3, 0.4) is 0 Å². The summed E-state index contributed by atoms with van der Waals surface area (Å²) < 4.78 is 5.34. The molecule has 0 saturated heterocycles. The van der Waals surface area contributed by atoms with Crippen LogP contribution in [0.25, 0.3) is 0 Å². The van der Waals surface area contributed by atoms with Crippen LogP contribution in [0.5, 0.6) is 5.75 Å². The molecule has 0 aliphatic heterocycles. The fourth-order valence-corrected chi connectivity index (χ4v) is 2.37. The Balaban J connectivity index is 1.96. The van der Waals surface area contributed by atoms with Crippen molar-refractivity contribution in [2.75, 3.05) is 17.2 Å². The summed E-state index contributed by atoms with van der Waals surface area (Å²) in [6.45, 7) is 1.13. The van der Waals surface area contributed by atoms with Crippen LogP contribution in [-0.4, -0.2) is 18.4 Å². The molecule has 5 nitrogen and oxygen atoms in total. The van der Waals surface area contributed by atoms with Crippen molar-refractivity contribution in [1.82, 2.24) is 0 Å². The summed E-state index contributed by atoms with van der Waals surface area (Å²) in [6.07, 6.45) is 0. The molecule has 24 heavy (non-hydrogen) atoms. The number of hydrogen-bond acceptors (Lipinski definition) is 3. The number of hydrogen-bond donors (Lipinski definition) is 2. The van der Waals surface area contributed by atoms with E-state index in [4.69, 9.17) is 39.5 Å². The number of rotatable bonds is 5. The van der Waals surface area contributed by atoms with Crippen LogP contribution in [0, 0.1) is 0 Å². The van der Waals surface area contributed by atoms with E-state index in [2.05, 4.69) is 10.6 Å². The monoisotopic (exact) mass is 386 g/mol. The minimum Gasteiger partial charge on any atom is -0.482 e. The van der Waals surface area contributed by atoms with E-state index in [-0.39, 0.29) is 12.5 Å². The molecule has 8 heteroatoms. The number of amides is 2. The van der Waals surface area contributed by atoms with E-state index in [1.165, 1.54) is 19.1 Å². The highest BCUT2D eigenvalue weighted by Gasteiger charge is 2.09. The van der Waals surface area contributed by atoms with Gasteiger partial charge in [-0.3, -0.25) is 9.59 Å². The molecular formula is C16H13Cl3N2O3. The van der Waals surface area contributed by atoms with Crippen LogP contribution in [0.2, 0.25) is 15.1 Å². The number of benzene rings is 2. The lowest BCUT2D eigenvalue weighted by molar-refractivity contribution is -0.118. The van der Waals surface area contributed by atoms with E-state index < -0.39 is 5.91 Å². The normalized spacial score (nSPS) is 10.2. The molecule has 0 fully saturated rings. The average Bonchev–Trinajstić information content (AvgIpc) is 2.50. The van der Waals surface area contributed by atoms with Gasteiger partial charge in [-0.15, -0.1) is 0 Å². The van der Waals surface area contributed by atoms with Gasteiger partial charge >= 0.3 is 0 Å². The lowest BCUT2D eigenvalue weighted by atomic mass is 10.2. The standard InChI is InChI=1S/C16H13Cl3N2O3/c1-9(22)20-14-5-3-11(7-13(14)19)21-16(23)8-24-15-6-10(17)2-4-12(15)18/h2-7H,8H2,1H3,(H,20,22)(H,21,23). The van der Waals surface area contributed by atoms with Gasteiger partial charge in [-0.2, -0.15) is 0 Å². The smallest absolute Gasteiger partial charge is 0.262 e. The molecule has 0 aliphatic rings. The van der Waals surface area contributed by atoms with Crippen molar-refractivity contribution in [2.45, 2.75) is 6.92 Å². The van der Waals surface area contributed by atoms with Gasteiger partial charge in [0.05, 0.1) is 15.7 Å². The molecule has 0 heterocycles. The van der Waals surface area contributed by atoms with Crippen molar-refractivity contribution in [1.29, 1.82) is 0 Å². The first kappa shape index (κ1) is 18.4. The number of halogens is 3. The maximum absolute atomic E-state index is 11.9. The first-order chi connectivity index (χ1) is 11.3. The van der Waals surface area contributed by atoms with Crippen molar-refractivity contribution in [3.8, 4) is 5.75 Å². The molecular weight excluding hydrogens is 375 g/mol. The van der Waals surface area contributed by atoms with Crippen LogP contribution >= 0.6 is 34.8 Å². The summed E-state index contributed by atoms with van der Waals surface area (Å²) in [7, 11) is 0. The molecule has 126 valence electrons. The Morgan fingerprint density at radius 3 is 2.42 bits per heavy atom. The predicted octanol–water partition coefficient (Wildman–Crippen LogP) is 4.62. The largest absolute Gasteiger partial charge is 0.482 e. The van der Waals surface area contributed by atoms with E-state index in [0.717, 1.165) is 0 Å². The van der Waals surface area contributed by atoms with Gasteiger partial charge in [0.1, 0.15) is 5.75 Å². The summed E-state index contributed by atoms with van der Waals surface area (Å²) in [5.41, 5.74) is 0.934. The lowest BCUT2D eigenvalue weighted by Crippen LogP contribution is -2.20.